The van der Waals surface area contributed by atoms with E-state index in [9.17, 15) is 4.79 Å². The van der Waals surface area contributed by atoms with Crippen LogP contribution in [-0.4, -0.2) is 37.1 Å². The second-order valence-corrected chi connectivity index (χ2v) is 7.49. The normalized spacial score (nSPS) is 16.2. The standard InChI is InChI=1S/C23H23N5O/c1-2-16-7-9-17(10-8-16)23-22-19(18-5-3-4-6-20(18)26-22)11-12-28(23)21(29)13-27-15-24-14-25-27/h3-10,14-15,23,26H,2,11-13H2,1H3. The number of aromatic nitrogens is 4. The third-order valence-corrected chi connectivity index (χ3v) is 5.82. The summed E-state index contributed by atoms with van der Waals surface area (Å²) >= 11 is 0. The van der Waals surface area contributed by atoms with E-state index in [1.807, 2.05) is 11.0 Å². The molecule has 1 aliphatic rings. The van der Waals surface area contributed by atoms with Gasteiger partial charge in [0.05, 0.1) is 6.04 Å². The fourth-order valence-electron chi connectivity index (χ4n) is 4.34. The second kappa shape index (κ2) is 7.20. The fourth-order valence-corrected chi connectivity index (χ4v) is 4.34. The first-order valence-corrected chi connectivity index (χ1v) is 10.0. The van der Waals surface area contributed by atoms with E-state index in [0.717, 1.165) is 29.6 Å². The number of nitrogens with zero attached hydrogens (tertiary/aromatic N) is 4. The van der Waals surface area contributed by atoms with Gasteiger partial charge in [0, 0.05) is 23.1 Å². The summed E-state index contributed by atoms with van der Waals surface area (Å²) in [5.74, 6) is 0.0457. The van der Waals surface area contributed by atoms with Crippen LogP contribution in [0.15, 0.2) is 61.2 Å². The van der Waals surface area contributed by atoms with Crippen molar-refractivity contribution in [3.8, 4) is 0 Å². The van der Waals surface area contributed by atoms with Gasteiger partial charge < -0.3 is 9.88 Å². The van der Waals surface area contributed by atoms with Crippen LogP contribution in [0.1, 0.15) is 35.3 Å². The van der Waals surface area contributed by atoms with Crippen molar-refractivity contribution in [3.63, 3.8) is 0 Å². The topological polar surface area (TPSA) is 66.8 Å². The van der Waals surface area contributed by atoms with Gasteiger partial charge in [0.15, 0.2) is 0 Å². The molecule has 0 spiro atoms. The van der Waals surface area contributed by atoms with E-state index in [4.69, 9.17) is 0 Å². The van der Waals surface area contributed by atoms with E-state index in [1.165, 1.54) is 22.8 Å². The molecule has 0 saturated carbocycles. The highest BCUT2D eigenvalue weighted by atomic mass is 16.2. The van der Waals surface area contributed by atoms with Crippen molar-refractivity contribution < 1.29 is 4.79 Å². The van der Waals surface area contributed by atoms with Crippen LogP contribution in [0.25, 0.3) is 10.9 Å². The van der Waals surface area contributed by atoms with E-state index in [2.05, 4.69) is 64.5 Å². The van der Waals surface area contributed by atoms with Crippen LogP contribution in [0.5, 0.6) is 0 Å². The third-order valence-electron chi connectivity index (χ3n) is 5.82. The average molecular weight is 385 g/mol. The van der Waals surface area contributed by atoms with Crippen LogP contribution >= 0.6 is 0 Å². The Balaban J connectivity index is 1.59. The Morgan fingerprint density at radius 3 is 2.76 bits per heavy atom. The molecule has 0 saturated heterocycles. The van der Waals surface area contributed by atoms with Gasteiger partial charge >= 0.3 is 0 Å². The Morgan fingerprint density at radius 2 is 2.00 bits per heavy atom. The zero-order valence-corrected chi connectivity index (χ0v) is 16.4. The smallest absolute Gasteiger partial charge is 0.245 e. The lowest BCUT2D eigenvalue weighted by Gasteiger charge is -2.36. The number of fused-ring (bicyclic) bond motifs is 3. The predicted molar refractivity (Wildman–Crippen MR) is 111 cm³/mol. The van der Waals surface area contributed by atoms with Gasteiger partial charge in [-0.2, -0.15) is 5.10 Å². The molecule has 146 valence electrons. The molecule has 3 heterocycles. The third kappa shape index (κ3) is 3.10. The summed E-state index contributed by atoms with van der Waals surface area (Å²) < 4.78 is 1.58. The van der Waals surface area contributed by atoms with Crippen molar-refractivity contribution in [2.75, 3.05) is 6.54 Å². The molecule has 2 aromatic heterocycles. The highest BCUT2D eigenvalue weighted by molar-refractivity contribution is 5.86. The molecule has 1 N–H and O–H groups in total. The Hall–Kier alpha value is -3.41. The molecule has 29 heavy (non-hydrogen) atoms. The van der Waals surface area contributed by atoms with Crippen LogP contribution in [0.4, 0.5) is 0 Å². The maximum absolute atomic E-state index is 13.2. The number of para-hydroxylation sites is 1. The summed E-state index contributed by atoms with van der Waals surface area (Å²) in [7, 11) is 0. The average Bonchev–Trinajstić information content (AvgIpc) is 3.40. The number of hydrogen-bond acceptors (Lipinski definition) is 3. The van der Waals surface area contributed by atoms with Gasteiger partial charge in [0.2, 0.25) is 5.91 Å². The molecule has 6 nitrogen and oxygen atoms in total. The number of amides is 1. The maximum Gasteiger partial charge on any atom is 0.245 e. The lowest BCUT2D eigenvalue weighted by atomic mass is 9.91. The number of nitrogens with one attached hydrogen (secondary N) is 1. The predicted octanol–water partition coefficient (Wildman–Crippen LogP) is 3.50. The summed E-state index contributed by atoms with van der Waals surface area (Å²) in [6, 6.07) is 16.9. The molecule has 1 amide bonds. The molecule has 6 heteroatoms. The van der Waals surface area contributed by atoms with Crippen LogP contribution in [-0.2, 0) is 24.2 Å². The highest BCUT2D eigenvalue weighted by Gasteiger charge is 2.34. The van der Waals surface area contributed by atoms with Gasteiger partial charge in [0.25, 0.3) is 0 Å². The number of carbonyl (C=O) groups is 1. The minimum absolute atomic E-state index is 0.0457. The van der Waals surface area contributed by atoms with Crippen molar-refractivity contribution in [2.24, 2.45) is 0 Å². The Labute approximate surface area is 169 Å². The number of carbonyl (C=O) groups excluding carboxylic acids is 1. The molecule has 1 aliphatic heterocycles. The summed E-state index contributed by atoms with van der Waals surface area (Å²) in [6.45, 7) is 3.03. The summed E-state index contributed by atoms with van der Waals surface area (Å²) in [5.41, 5.74) is 5.98. The monoisotopic (exact) mass is 385 g/mol. The lowest BCUT2D eigenvalue weighted by Crippen LogP contribution is -2.42. The molecule has 1 unspecified atom stereocenters. The van der Waals surface area contributed by atoms with Crippen molar-refractivity contribution >= 4 is 16.8 Å². The Morgan fingerprint density at radius 1 is 1.17 bits per heavy atom. The van der Waals surface area contributed by atoms with Crippen LogP contribution in [0.3, 0.4) is 0 Å². The lowest BCUT2D eigenvalue weighted by molar-refractivity contribution is -0.134. The first-order valence-electron chi connectivity index (χ1n) is 10.0. The molecular weight excluding hydrogens is 362 g/mol. The number of rotatable bonds is 4. The zero-order valence-electron chi connectivity index (χ0n) is 16.4. The Bertz CT molecular complexity index is 1140. The van der Waals surface area contributed by atoms with Gasteiger partial charge in [0.1, 0.15) is 19.2 Å². The van der Waals surface area contributed by atoms with Gasteiger partial charge in [-0.15, -0.1) is 0 Å². The van der Waals surface area contributed by atoms with Crippen molar-refractivity contribution in [2.45, 2.75) is 32.4 Å². The Kier molecular flexibility index (Phi) is 4.39. The summed E-state index contributed by atoms with van der Waals surface area (Å²) in [4.78, 5) is 22.8. The highest BCUT2D eigenvalue weighted by Crippen LogP contribution is 2.38. The number of H-pyrrole nitrogens is 1. The number of aryl methyl sites for hydroxylation is 1. The van der Waals surface area contributed by atoms with E-state index < -0.39 is 0 Å². The zero-order chi connectivity index (χ0) is 19.8. The molecule has 2 aromatic carbocycles. The van der Waals surface area contributed by atoms with Crippen molar-refractivity contribution in [3.05, 3.63) is 83.6 Å². The van der Waals surface area contributed by atoms with Crippen molar-refractivity contribution in [1.29, 1.82) is 0 Å². The molecule has 0 bridgehead atoms. The number of benzene rings is 2. The SMILES string of the molecule is CCc1ccc(C2c3[nH]c4ccccc4c3CCN2C(=O)Cn2cncn2)cc1. The first kappa shape index (κ1) is 17.7. The number of aromatic amines is 1. The molecular formula is C23H23N5O. The van der Waals surface area contributed by atoms with E-state index in [1.54, 1.807) is 11.0 Å². The first-order chi connectivity index (χ1) is 14.2. The van der Waals surface area contributed by atoms with Gasteiger partial charge in [-0.05, 0) is 35.6 Å². The molecule has 1 atom stereocenters. The fraction of sp³-hybridized carbons (Fsp3) is 0.261. The molecule has 0 radical (unpaired) electrons. The molecule has 0 aliphatic carbocycles. The van der Waals surface area contributed by atoms with E-state index in [-0.39, 0.29) is 18.5 Å². The van der Waals surface area contributed by atoms with Gasteiger partial charge in [-0.25, -0.2) is 9.67 Å². The van der Waals surface area contributed by atoms with Crippen LogP contribution in [0, 0.1) is 0 Å². The van der Waals surface area contributed by atoms with E-state index in [0.29, 0.717) is 6.54 Å². The molecule has 4 aromatic rings. The van der Waals surface area contributed by atoms with Gasteiger partial charge in [-0.1, -0.05) is 49.4 Å². The molecule has 0 fully saturated rings. The second-order valence-electron chi connectivity index (χ2n) is 7.49. The molecule has 5 rings (SSSR count). The number of hydrogen-bond donors (Lipinski definition) is 1. The summed E-state index contributed by atoms with van der Waals surface area (Å²) in [5, 5.41) is 5.35. The van der Waals surface area contributed by atoms with E-state index >= 15 is 0 Å². The summed E-state index contributed by atoms with van der Waals surface area (Å²) in [6.07, 6.45) is 4.88. The van der Waals surface area contributed by atoms with Crippen LogP contribution < -0.4 is 0 Å². The minimum atomic E-state index is -0.131. The van der Waals surface area contributed by atoms with Gasteiger partial charge in [-0.3, -0.25) is 4.79 Å². The van der Waals surface area contributed by atoms with Crippen LogP contribution in [0.2, 0.25) is 0 Å². The van der Waals surface area contributed by atoms with Crippen molar-refractivity contribution in [1.82, 2.24) is 24.6 Å². The minimum Gasteiger partial charge on any atom is -0.356 e. The largest absolute Gasteiger partial charge is 0.356 e. The maximum atomic E-state index is 13.2. The quantitative estimate of drug-likeness (QED) is 0.585.